The van der Waals surface area contributed by atoms with Gasteiger partial charge < -0.3 is 39.6 Å². The van der Waals surface area contributed by atoms with E-state index in [2.05, 4.69) is 44.9 Å². The molecule has 234 valence electrons. The molecule has 3 N–H and O–H groups in total. The topological polar surface area (TPSA) is 120 Å². The number of ether oxygens (including phenoxy) is 3. The zero-order chi connectivity index (χ0) is 31.4. The van der Waals surface area contributed by atoms with Crippen molar-refractivity contribution in [2.24, 2.45) is 0 Å². The molecule has 0 fully saturated rings. The molecule has 0 atom stereocenters. The third-order valence-corrected chi connectivity index (χ3v) is 7.68. The molecule has 2 aromatic carbocycles. The minimum absolute atomic E-state index is 0.329. The van der Waals surface area contributed by atoms with Crippen LogP contribution in [-0.2, 0) is 22.6 Å². The third-order valence-electron chi connectivity index (χ3n) is 7.68. The van der Waals surface area contributed by atoms with E-state index >= 15 is 0 Å². The molecule has 1 aliphatic rings. The summed E-state index contributed by atoms with van der Waals surface area (Å²) >= 11 is 0. The standard InChI is InChI=1S/C33H43N7O4/c1-7-38(15-16-39(8-2)32(41)44-33(3,4)5)27-20-29(42-6)25(19-23(27)34)37-31-35-14-13-24(36-31)30-22-11-9-10-12-26(22)40-17-18-43-21-28(30)40/h9-14,19-20H,7-8,15-18,21,34H2,1-6H3,(H,35,36,37). The molecule has 0 unspecified atom stereocenters. The van der Waals surface area contributed by atoms with Gasteiger partial charge in [-0.25, -0.2) is 14.8 Å². The largest absolute Gasteiger partial charge is 0.494 e. The van der Waals surface area contributed by atoms with E-state index in [0.29, 0.717) is 62.5 Å². The van der Waals surface area contributed by atoms with Crippen LogP contribution >= 0.6 is 0 Å². The molecule has 2 aromatic heterocycles. The molecule has 11 nitrogen and oxygen atoms in total. The smallest absolute Gasteiger partial charge is 0.410 e. The number of hydrogen-bond acceptors (Lipinski definition) is 9. The van der Waals surface area contributed by atoms with Crippen molar-refractivity contribution in [2.75, 3.05) is 55.8 Å². The Kier molecular flexibility index (Phi) is 9.14. The number of amides is 1. The molecule has 11 heteroatoms. The number of benzene rings is 2. The number of hydrogen-bond donors (Lipinski definition) is 2. The van der Waals surface area contributed by atoms with Crippen LogP contribution in [0.4, 0.5) is 27.8 Å². The van der Waals surface area contributed by atoms with Crippen molar-refractivity contribution in [3.05, 3.63) is 54.4 Å². The van der Waals surface area contributed by atoms with E-state index in [1.54, 1.807) is 18.2 Å². The molecule has 1 aliphatic heterocycles. The first-order chi connectivity index (χ1) is 21.1. The average molecular weight is 602 g/mol. The zero-order valence-corrected chi connectivity index (χ0v) is 26.5. The van der Waals surface area contributed by atoms with Crippen molar-refractivity contribution in [1.82, 2.24) is 19.4 Å². The first-order valence-electron chi connectivity index (χ1n) is 15.1. The van der Waals surface area contributed by atoms with E-state index in [4.69, 9.17) is 24.9 Å². The van der Waals surface area contributed by atoms with Gasteiger partial charge in [0.1, 0.15) is 11.4 Å². The number of carbonyl (C=O) groups excluding carboxylic acids is 1. The predicted molar refractivity (Wildman–Crippen MR) is 175 cm³/mol. The number of likely N-dealkylation sites (N-methyl/N-ethyl adjacent to an activating group) is 2. The lowest BCUT2D eigenvalue weighted by Gasteiger charge is -2.30. The molecule has 5 rings (SSSR count). The summed E-state index contributed by atoms with van der Waals surface area (Å²) in [5.74, 6) is 1.03. The van der Waals surface area contributed by atoms with Crippen LogP contribution in [0, 0.1) is 0 Å². The number of nitrogens with zero attached hydrogens (tertiary/aromatic N) is 5. The monoisotopic (exact) mass is 601 g/mol. The fourth-order valence-corrected chi connectivity index (χ4v) is 5.57. The maximum Gasteiger partial charge on any atom is 0.410 e. The lowest BCUT2D eigenvalue weighted by molar-refractivity contribution is 0.0265. The minimum atomic E-state index is -0.553. The van der Waals surface area contributed by atoms with Gasteiger partial charge >= 0.3 is 6.09 Å². The van der Waals surface area contributed by atoms with Gasteiger partial charge in [0.15, 0.2) is 0 Å². The molecule has 4 aromatic rings. The summed E-state index contributed by atoms with van der Waals surface area (Å²) in [6.45, 7) is 13.9. The average Bonchev–Trinajstić information content (AvgIpc) is 3.34. The number of methoxy groups -OCH3 is 1. The summed E-state index contributed by atoms with van der Waals surface area (Å²) in [5, 5.41) is 4.46. The first kappa shape index (κ1) is 30.9. The van der Waals surface area contributed by atoms with Gasteiger partial charge in [0.05, 0.1) is 48.8 Å². The molecular weight excluding hydrogens is 558 g/mol. The molecule has 0 aliphatic carbocycles. The van der Waals surface area contributed by atoms with Gasteiger partial charge in [-0.1, -0.05) is 18.2 Å². The zero-order valence-electron chi connectivity index (χ0n) is 26.5. The highest BCUT2D eigenvalue weighted by Gasteiger charge is 2.24. The number of rotatable bonds is 10. The Balaban J connectivity index is 1.39. The van der Waals surface area contributed by atoms with E-state index in [1.165, 1.54) is 5.52 Å². The van der Waals surface area contributed by atoms with E-state index in [-0.39, 0.29) is 6.09 Å². The lowest BCUT2D eigenvalue weighted by atomic mass is 10.1. The van der Waals surface area contributed by atoms with Crippen molar-refractivity contribution in [1.29, 1.82) is 0 Å². The number of aromatic nitrogens is 3. The molecular formula is C33H43N7O4. The van der Waals surface area contributed by atoms with Crippen LogP contribution in [0.2, 0.25) is 0 Å². The second-order valence-electron chi connectivity index (χ2n) is 11.7. The van der Waals surface area contributed by atoms with Crippen molar-refractivity contribution in [3.63, 3.8) is 0 Å². The SMILES string of the molecule is CCN(CCN(CC)c1cc(OC)c(Nc2nccc(-c3c4n(c5ccccc35)CCOC4)n2)cc1N)C(=O)OC(C)(C)C. The third kappa shape index (κ3) is 6.52. The Bertz CT molecular complexity index is 1630. The highest BCUT2D eigenvalue weighted by Crippen LogP contribution is 2.38. The number of para-hydroxylation sites is 1. The van der Waals surface area contributed by atoms with Gasteiger partial charge in [0, 0.05) is 61.5 Å². The lowest BCUT2D eigenvalue weighted by Crippen LogP contribution is -2.41. The summed E-state index contributed by atoms with van der Waals surface area (Å²) in [5.41, 5.74) is 12.2. The van der Waals surface area contributed by atoms with Crippen LogP contribution in [0.15, 0.2) is 48.7 Å². The van der Waals surface area contributed by atoms with Gasteiger partial charge in [-0.05, 0) is 52.8 Å². The molecule has 3 heterocycles. The Morgan fingerprint density at radius 2 is 1.93 bits per heavy atom. The van der Waals surface area contributed by atoms with Crippen molar-refractivity contribution in [3.8, 4) is 17.0 Å². The summed E-state index contributed by atoms with van der Waals surface area (Å²) in [6, 6.07) is 14.0. The number of carbonyl (C=O) groups is 1. The summed E-state index contributed by atoms with van der Waals surface area (Å²) in [4.78, 5) is 25.9. The van der Waals surface area contributed by atoms with Crippen molar-refractivity contribution >= 4 is 40.0 Å². The van der Waals surface area contributed by atoms with E-state index in [1.807, 2.05) is 52.0 Å². The van der Waals surface area contributed by atoms with E-state index < -0.39 is 5.60 Å². The number of nitrogens with one attached hydrogen (secondary N) is 1. The van der Waals surface area contributed by atoms with Gasteiger partial charge in [0.2, 0.25) is 5.95 Å². The maximum atomic E-state index is 12.7. The summed E-state index contributed by atoms with van der Waals surface area (Å²) in [7, 11) is 1.62. The van der Waals surface area contributed by atoms with Gasteiger partial charge in [-0.2, -0.15) is 0 Å². The first-order valence-corrected chi connectivity index (χ1v) is 15.1. The van der Waals surface area contributed by atoms with Gasteiger partial charge in [-0.15, -0.1) is 0 Å². The van der Waals surface area contributed by atoms with Crippen LogP contribution in [-0.4, -0.2) is 71.0 Å². The van der Waals surface area contributed by atoms with Crippen LogP contribution in [0.1, 0.15) is 40.3 Å². The highest BCUT2D eigenvalue weighted by atomic mass is 16.6. The molecule has 0 saturated carbocycles. The quantitative estimate of drug-likeness (QED) is 0.209. The van der Waals surface area contributed by atoms with Crippen molar-refractivity contribution < 1.29 is 19.0 Å². The van der Waals surface area contributed by atoms with Crippen LogP contribution < -0.4 is 20.7 Å². The van der Waals surface area contributed by atoms with Crippen LogP contribution in [0.25, 0.3) is 22.2 Å². The Labute approximate surface area is 258 Å². The second kappa shape index (κ2) is 13.0. The fourth-order valence-electron chi connectivity index (χ4n) is 5.57. The predicted octanol–water partition coefficient (Wildman–Crippen LogP) is 6.05. The van der Waals surface area contributed by atoms with Crippen molar-refractivity contribution in [2.45, 2.75) is 53.4 Å². The summed E-state index contributed by atoms with van der Waals surface area (Å²) < 4.78 is 19.5. The normalized spacial score (nSPS) is 13.0. The molecule has 0 saturated heterocycles. The van der Waals surface area contributed by atoms with Gasteiger partial charge in [0.25, 0.3) is 0 Å². The summed E-state index contributed by atoms with van der Waals surface area (Å²) in [6.07, 6.45) is 1.42. The van der Waals surface area contributed by atoms with E-state index in [9.17, 15) is 4.79 Å². The highest BCUT2D eigenvalue weighted by molar-refractivity contribution is 5.97. The van der Waals surface area contributed by atoms with Gasteiger partial charge in [-0.3, -0.25) is 0 Å². The Morgan fingerprint density at radius 3 is 2.66 bits per heavy atom. The maximum absolute atomic E-state index is 12.7. The fraction of sp³-hybridized carbons (Fsp3) is 0.424. The molecule has 44 heavy (non-hydrogen) atoms. The number of fused-ring (bicyclic) bond motifs is 3. The van der Waals surface area contributed by atoms with Crippen LogP contribution in [0.3, 0.4) is 0 Å². The minimum Gasteiger partial charge on any atom is -0.494 e. The Hall–Kier alpha value is -4.51. The number of anilines is 4. The molecule has 0 spiro atoms. The van der Waals surface area contributed by atoms with Crippen LogP contribution in [0.5, 0.6) is 5.75 Å². The number of nitrogen functional groups attached to an aromatic ring is 1. The molecule has 0 bridgehead atoms. The number of nitrogens with two attached hydrogens (primary N) is 1. The molecule has 0 radical (unpaired) electrons. The molecule has 1 amide bonds. The second-order valence-corrected chi connectivity index (χ2v) is 11.7. The Morgan fingerprint density at radius 1 is 1.14 bits per heavy atom. The van der Waals surface area contributed by atoms with E-state index in [0.717, 1.165) is 34.6 Å².